The lowest BCUT2D eigenvalue weighted by molar-refractivity contribution is -0.132. The van der Waals surface area contributed by atoms with Crippen LogP contribution in [-0.2, 0) is 11.3 Å². The number of aromatic nitrogens is 4. The van der Waals surface area contributed by atoms with Crippen molar-refractivity contribution < 1.29 is 4.79 Å². The summed E-state index contributed by atoms with van der Waals surface area (Å²) in [6.07, 6.45) is 3.32. The van der Waals surface area contributed by atoms with Crippen LogP contribution in [0.3, 0.4) is 0 Å². The normalized spacial score (nSPS) is 16.9. The third-order valence-electron chi connectivity index (χ3n) is 4.89. The number of carbonyl (C=O) groups excluding carboxylic acids is 1. The molecule has 1 N–H and O–H groups in total. The molecule has 3 heterocycles. The Bertz CT molecular complexity index is 784. The lowest BCUT2D eigenvalue weighted by Crippen LogP contribution is -2.31. The molecule has 2 aromatic rings. The highest BCUT2D eigenvalue weighted by atomic mass is 16.2. The van der Waals surface area contributed by atoms with Crippen molar-refractivity contribution in [1.29, 1.82) is 0 Å². The monoisotopic (exact) mass is 356 g/mol. The second kappa shape index (κ2) is 7.85. The molecule has 0 aromatic carbocycles. The van der Waals surface area contributed by atoms with Gasteiger partial charge in [-0.25, -0.2) is 9.97 Å². The van der Waals surface area contributed by atoms with E-state index in [4.69, 9.17) is 0 Å². The van der Waals surface area contributed by atoms with Crippen molar-refractivity contribution in [2.75, 3.05) is 18.9 Å². The molecule has 0 spiro atoms. The Kier molecular flexibility index (Phi) is 5.54. The third-order valence-corrected chi connectivity index (χ3v) is 4.89. The van der Waals surface area contributed by atoms with Crippen LogP contribution in [0.4, 0.5) is 5.82 Å². The number of anilines is 1. The van der Waals surface area contributed by atoms with Gasteiger partial charge in [-0.15, -0.1) is 0 Å². The van der Waals surface area contributed by atoms with E-state index in [2.05, 4.69) is 33.4 Å². The maximum atomic E-state index is 12.8. The molecule has 1 atom stereocenters. The van der Waals surface area contributed by atoms with Crippen LogP contribution in [0.25, 0.3) is 0 Å². The van der Waals surface area contributed by atoms with E-state index in [0.29, 0.717) is 6.42 Å². The van der Waals surface area contributed by atoms with Gasteiger partial charge in [-0.2, -0.15) is 5.10 Å². The number of amides is 1. The maximum absolute atomic E-state index is 12.8. The van der Waals surface area contributed by atoms with E-state index in [-0.39, 0.29) is 11.9 Å². The topological polar surface area (TPSA) is 75.9 Å². The summed E-state index contributed by atoms with van der Waals surface area (Å²) < 4.78 is 1.98. The molecule has 3 rings (SSSR count). The summed E-state index contributed by atoms with van der Waals surface area (Å²) in [5, 5.41) is 7.53. The van der Waals surface area contributed by atoms with Crippen molar-refractivity contribution in [3.63, 3.8) is 0 Å². The van der Waals surface area contributed by atoms with Gasteiger partial charge in [-0.05, 0) is 46.1 Å². The van der Waals surface area contributed by atoms with Crippen molar-refractivity contribution in [2.45, 2.75) is 59.0 Å². The first kappa shape index (κ1) is 18.4. The number of aryl methyl sites for hydroxylation is 4. The predicted octanol–water partition coefficient (Wildman–Crippen LogP) is 2.78. The molecular weight excluding hydrogens is 328 g/mol. The van der Waals surface area contributed by atoms with Crippen LogP contribution < -0.4 is 5.32 Å². The molecular formula is C19H28N6O. The van der Waals surface area contributed by atoms with E-state index in [1.54, 1.807) is 0 Å². The van der Waals surface area contributed by atoms with Crippen molar-refractivity contribution in [2.24, 2.45) is 0 Å². The summed E-state index contributed by atoms with van der Waals surface area (Å²) >= 11 is 0. The molecule has 1 aliphatic heterocycles. The quantitative estimate of drug-likeness (QED) is 0.861. The van der Waals surface area contributed by atoms with Gasteiger partial charge < -0.3 is 10.2 Å². The Morgan fingerprint density at radius 2 is 2.08 bits per heavy atom. The standard InChI is InChI=1S/C19H28N6O/c1-13-11-14(2)25(23-13)10-6-8-19(26)24-9-5-7-17(24)16-12-18(20-4)22-15(3)21-16/h11-12,17H,5-10H2,1-4H3,(H,20,21,22). The minimum atomic E-state index is 0.0602. The van der Waals surface area contributed by atoms with E-state index in [1.807, 2.05) is 36.5 Å². The van der Waals surface area contributed by atoms with Crippen molar-refractivity contribution in [3.8, 4) is 0 Å². The number of nitrogens with zero attached hydrogens (tertiary/aromatic N) is 5. The zero-order valence-corrected chi connectivity index (χ0v) is 16.1. The van der Waals surface area contributed by atoms with Crippen molar-refractivity contribution in [1.82, 2.24) is 24.6 Å². The molecule has 0 bridgehead atoms. The third kappa shape index (κ3) is 4.03. The Labute approximate surface area is 154 Å². The number of hydrogen-bond donors (Lipinski definition) is 1. The Morgan fingerprint density at radius 1 is 1.27 bits per heavy atom. The molecule has 1 saturated heterocycles. The SMILES string of the molecule is CNc1cc(C2CCCN2C(=O)CCCn2nc(C)cc2C)nc(C)n1. The molecule has 1 fully saturated rings. The molecule has 1 amide bonds. The zero-order valence-electron chi connectivity index (χ0n) is 16.1. The smallest absolute Gasteiger partial charge is 0.223 e. The summed E-state index contributed by atoms with van der Waals surface area (Å²) in [7, 11) is 1.85. The van der Waals surface area contributed by atoms with E-state index in [9.17, 15) is 4.79 Å². The summed E-state index contributed by atoms with van der Waals surface area (Å²) in [5.41, 5.74) is 3.10. The molecule has 26 heavy (non-hydrogen) atoms. The fourth-order valence-electron chi connectivity index (χ4n) is 3.69. The van der Waals surface area contributed by atoms with E-state index in [0.717, 1.165) is 61.1 Å². The van der Waals surface area contributed by atoms with Crippen molar-refractivity contribution >= 4 is 11.7 Å². The molecule has 1 aliphatic rings. The lowest BCUT2D eigenvalue weighted by Gasteiger charge is -2.25. The molecule has 0 aliphatic carbocycles. The molecule has 7 nitrogen and oxygen atoms in total. The average molecular weight is 356 g/mol. The summed E-state index contributed by atoms with van der Waals surface area (Å²) in [6.45, 7) is 7.52. The maximum Gasteiger partial charge on any atom is 0.223 e. The van der Waals surface area contributed by atoms with Gasteiger partial charge in [0.2, 0.25) is 5.91 Å². The zero-order chi connectivity index (χ0) is 18.7. The average Bonchev–Trinajstić information content (AvgIpc) is 3.21. The number of carbonyl (C=O) groups is 1. The predicted molar refractivity (Wildman–Crippen MR) is 101 cm³/mol. The molecule has 0 radical (unpaired) electrons. The summed E-state index contributed by atoms with van der Waals surface area (Å²) in [5.74, 6) is 1.74. The first-order valence-corrected chi connectivity index (χ1v) is 9.32. The fraction of sp³-hybridized carbons (Fsp3) is 0.579. The van der Waals surface area contributed by atoms with Crippen LogP contribution in [0.15, 0.2) is 12.1 Å². The van der Waals surface area contributed by atoms with Gasteiger partial charge in [0.1, 0.15) is 11.6 Å². The molecule has 140 valence electrons. The molecule has 2 aromatic heterocycles. The van der Waals surface area contributed by atoms with Gasteiger partial charge in [-0.3, -0.25) is 9.48 Å². The van der Waals surface area contributed by atoms with Gasteiger partial charge >= 0.3 is 0 Å². The van der Waals surface area contributed by atoms with Crippen LogP contribution in [0.1, 0.15) is 54.6 Å². The lowest BCUT2D eigenvalue weighted by atomic mass is 10.1. The van der Waals surface area contributed by atoms with Crippen LogP contribution >= 0.6 is 0 Å². The van der Waals surface area contributed by atoms with Gasteiger partial charge in [0.05, 0.1) is 17.4 Å². The number of nitrogens with one attached hydrogen (secondary N) is 1. The van der Waals surface area contributed by atoms with Gasteiger partial charge in [-0.1, -0.05) is 0 Å². The van der Waals surface area contributed by atoms with E-state index in [1.165, 1.54) is 0 Å². The Morgan fingerprint density at radius 3 is 2.77 bits per heavy atom. The van der Waals surface area contributed by atoms with Crippen LogP contribution in [-0.4, -0.2) is 44.1 Å². The summed E-state index contributed by atoms with van der Waals surface area (Å²) in [4.78, 5) is 23.7. The van der Waals surface area contributed by atoms with Gasteiger partial charge in [0.15, 0.2) is 0 Å². The minimum absolute atomic E-state index is 0.0602. The van der Waals surface area contributed by atoms with Crippen LogP contribution in [0.2, 0.25) is 0 Å². The minimum Gasteiger partial charge on any atom is -0.373 e. The van der Waals surface area contributed by atoms with E-state index < -0.39 is 0 Å². The molecule has 7 heteroatoms. The highest BCUT2D eigenvalue weighted by Crippen LogP contribution is 2.32. The van der Waals surface area contributed by atoms with Gasteiger partial charge in [0, 0.05) is 38.3 Å². The second-order valence-corrected chi connectivity index (χ2v) is 6.97. The summed E-state index contributed by atoms with van der Waals surface area (Å²) in [6, 6.07) is 4.08. The molecule has 1 unspecified atom stereocenters. The van der Waals surface area contributed by atoms with Gasteiger partial charge in [0.25, 0.3) is 0 Å². The highest BCUT2D eigenvalue weighted by Gasteiger charge is 2.31. The van der Waals surface area contributed by atoms with Crippen LogP contribution in [0.5, 0.6) is 0 Å². The molecule has 0 saturated carbocycles. The Balaban J connectivity index is 1.63. The second-order valence-electron chi connectivity index (χ2n) is 6.97. The fourth-order valence-corrected chi connectivity index (χ4v) is 3.69. The largest absolute Gasteiger partial charge is 0.373 e. The number of hydrogen-bond acceptors (Lipinski definition) is 5. The number of likely N-dealkylation sites (tertiary alicyclic amines) is 1. The first-order valence-electron chi connectivity index (χ1n) is 9.32. The highest BCUT2D eigenvalue weighted by molar-refractivity contribution is 5.77. The first-order chi connectivity index (χ1) is 12.5. The Hall–Kier alpha value is -2.44. The van der Waals surface area contributed by atoms with Crippen molar-refractivity contribution in [3.05, 3.63) is 35.0 Å². The van der Waals surface area contributed by atoms with Crippen LogP contribution in [0, 0.1) is 20.8 Å². The number of rotatable bonds is 6. The van der Waals surface area contributed by atoms with E-state index >= 15 is 0 Å².